The van der Waals surface area contributed by atoms with Crippen LogP contribution in [-0.2, 0) is 10.8 Å². The van der Waals surface area contributed by atoms with Gasteiger partial charge in [0.05, 0.1) is 11.8 Å². The van der Waals surface area contributed by atoms with E-state index >= 15 is 0 Å². The van der Waals surface area contributed by atoms with Crippen LogP contribution < -0.4 is 0 Å². The van der Waals surface area contributed by atoms with Gasteiger partial charge in [0.25, 0.3) is 0 Å². The zero-order valence-corrected chi connectivity index (χ0v) is 18.4. The van der Waals surface area contributed by atoms with Crippen molar-refractivity contribution in [3.05, 3.63) is 60.9 Å². The molecule has 2 nitrogen and oxygen atoms in total. The average Bonchev–Trinajstić information content (AvgIpc) is 2.56. The Morgan fingerprint density at radius 3 is 2.31 bits per heavy atom. The van der Waals surface area contributed by atoms with Crippen LogP contribution in [0.5, 0.6) is 0 Å². The predicted octanol–water partition coefficient (Wildman–Crippen LogP) is 6.03. The number of hydrogen-bond acceptors (Lipinski definition) is 2. The van der Waals surface area contributed by atoms with E-state index in [9.17, 15) is 0 Å². The molecule has 0 bridgehead atoms. The van der Waals surface area contributed by atoms with Gasteiger partial charge in [-0.3, -0.25) is 4.90 Å². The zero-order chi connectivity index (χ0) is 19.4. The van der Waals surface area contributed by atoms with Gasteiger partial charge in [0.1, 0.15) is 0 Å². The van der Waals surface area contributed by atoms with Crippen molar-refractivity contribution in [3.8, 4) is 0 Å². The molecular formula is C23H37NOSi. The summed E-state index contributed by atoms with van der Waals surface area (Å²) in [7, 11) is -1.85. The van der Waals surface area contributed by atoms with Crippen molar-refractivity contribution in [1.82, 2.24) is 4.90 Å². The van der Waals surface area contributed by atoms with Gasteiger partial charge in [-0.1, -0.05) is 63.8 Å². The highest BCUT2D eigenvalue weighted by atomic mass is 28.4. The number of hydrogen-bond donors (Lipinski definition) is 0. The summed E-state index contributed by atoms with van der Waals surface area (Å²) < 4.78 is 6.46. The lowest BCUT2D eigenvalue weighted by atomic mass is 9.89. The molecule has 26 heavy (non-hydrogen) atoms. The molecule has 1 aliphatic heterocycles. The number of rotatable bonds is 7. The molecule has 0 spiro atoms. The number of piperidine rings is 1. The van der Waals surface area contributed by atoms with Crippen LogP contribution in [0.3, 0.4) is 0 Å². The van der Waals surface area contributed by atoms with E-state index in [2.05, 4.69) is 82.3 Å². The summed E-state index contributed by atoms with van der Waals surface area (Å²) in [5, 5.41) is 0.185. The minimum absolute atomic E-state index is 0.127. The fourth-order valence-corrected chi connectivity index (χ4v) is 4.49. The summed E-state index contributed by atoms with van der Waals surface area (Å²) >= 11 is 0. The fourth-order valence-electron chi connectivity index (χ4n) is 3.41. The molecule has 2 rings (SSSR count). The Morgan fingerprint density at radius 1 is 1.23 bits per heavy atom. The van der Waals surface area contributed by atoms with Gasteiger partial charge >= 0.3 is 0 Å². The first kappa shape index (κ1) is 21.0. The summed E-state index contributed by atoms with van der Waals surface area (Å²) in [6.07, 6.45) is 5.65. The molecule has 3 heteroatoms. The predicted molar refractivity (Wildman–Crippen MR) is 116 cm³/mol. The Morgan fingerprint density at radius 2 is 1.81 bits per heavy atom. The second-order valence-corrected chi connectivity index (χ2v) is 13.9. The first-order valence-corrected chi connectivity index (χ1v) is 12.8. The van der Waals surface area contributed by atoms with Gasteiger partial charge in [-0.05, 0) is 62.0 Å². The highest BCUT2D eigenvalue weighted by Gasteiger charge is 2.40. The SMILES string of the molecule is C=C[C@@H](C(=C)O[Si](C)(C)C(C)(C)C)N1CCC(Cc2ccccc2)CC1. The third-order valence-electron chi connectivity index (χ3n) is 6.16. The van der Waals surface area contributed by atoms with Crippen LogP contribution in [0.25, 0.3) is 0 Å². The van der Waals surface area contributed by atoms with Crippen LogP contribution in [0.15, 0.2) is 55.3 Å². The molecule has 1 atom stereocenters. The highest BCUT2D eigenvalue weighted by molar-refractivity contribution is 6.74. The number of nitrogens with zero attached hydrogens (tertiary/aromatic N) is 1. The molecule has 0 N–H and O–H groups in total. The molecule has 144 valence electrons. The van der Waals surface area contributed by atoms with Crippen molar-refractivity contribution >= 4 is 8.32 Å². The van der Waals surface area contributed by atoms with Crippen molar-refractivity contribution in [2.45, 2.75) is 64.2 Å². The van der Waals surface area contributed by atoms with Gasteiger partial charge in [0.2, 0.25) is 8.32 Å². The normalized spacial score (nSPS) is 18.3. The van der Waals surface area contributed by atoms with E-state index in [0.29, 0.717) is 0 Å². The molecule has 0 unspecified atom stereocenters. The smallest absolute Gasteiger partial charge is 0.250 e. The molecule has 1 fully saturated rings. The van der Waals surface area contributed by atoms with Crippen LogP contribution in [0.1, 0.15) is 39.2 Å². The van der Waals surface area contributed by atoms with Gasteiger partial charge in [0, 0.05) is 0 Å². The van der Waals surface area contributed by atoms with Gasteiger partial charge < -0.3 is 4.43 Å². The Balaban J connectivity index is 1.91. The number of benzene rings is 1. The van der Waals surface area contributed by atoms with E-state index in [1.165, 1.54) is 24.8 Å². The van der Waals surface area contributed by atoms with E-state index in [-0.39, 0.29) is 11.1 Å². The van der Waals surface area contributed by atoms with Gasteiger partial charge in [-0.25, -0.2) is 0 Å². The average molecular weight is 372 g/mol. The first-order valence-electron chi connectivity index (χ1n) is 9.92. The summed E-state index contributed by atoms with van der Waals surface area (Å²) in [5.74, 6) is 1.65. The molecule has 0 aliphatic carbocycles. The first-order chi connectivity index (χ1) is 12.1. The van der Waals surface area contributed by atoms with Crippen molar-refractivity contribution in [1.29, 1.82) is 0 Å². The molecule has 1 heterocycles. The summed E-state index contributed by atoms with van der Waals surface area (Å²) in [6, 6.07) is 11.0. The Hall–Kier alpha value is -1.32. The zero-order valence-electron chi connectivity index (χ0n) is 17.4. The lowest BCUT2D eigenvalue weighted by Gasteiger charge is -2.42. The maximum Gasteiger partial charge on any atom is 0.250 e. The van der Waals surface area contributed by atoms with Crippen LogP contribution in [0.4, 0.5) is 0 Å². The maximum atomic E-state index is 6.46. The van der Waals surface area contributed by atoms with Crippen molar-refractivity contribution in [2.75, 3.05) is 13.1 Å². The van der Waals surface area contributed by atoms with E-state index in [1.807, 2.05) is 6.08 Å². The molecular weight excluding hydrogens is 334 g/mol. The topological polar surface area (TPSA) is 12.5 Å². The van der Waals surface area contributed by atoms with Gasteiger partial charge in [-0.2, -0.15) is 0 Å². The van der Waals surface area contributed by atoms with Crippen LogP contribution in [0.2, 0.25) is 18.1 Å². The van der Waals surface area contributed by atoms with Gasteiger partial charge in [-0.15, -0.1) is 6.58 Å². The summed E-state index contributed by atoms with van der Waals surface area (Å²) in [5.41, 5.74) is 1.46. The van der Waals surface area contributed by atoms with Crippen LogP contribution in [0, 0.1) is 5.92 Å². The third kappa shape index (κ3) is 5.34. The third-order valence-corrected chi connectivity index (χ3v) is 10.5. The lowest BCUT2D eigenvalue weighted by Crippen LogP contribution is -2.46. The van der Waals surface area contributed by atoms with E-state index in [4.69, 9.17) is 4.43 Å². The van der Waals surface area contributed by atoms with E-state index < -0.39 is 8.32 Å². The van der Waals surface area contributed by atoms with Gasteiger partial charge in [0.15, 0.2) is 0 Å². The quantitative estimate of drug-likeness (QED) is 0.329. The largest absolute Gasteiger partial charge is 0.545 e. The fraction of sp³-hybridized carbons (Fsp3) is 0.565. The van der Waals surface area contributed by atoms with Crippen molar-refractivity contribution in [2.24, 2.45) is 5.92 Å². The molecule has 0 amide bonds. The Bertz CT molecular complexity index is 594. The Kier molecular flexibility index (Phi) is 6.92. The molecule has 1 saturated heterocycles. The van der Waals surface area contributed by atoms with E-state index in [1.54, 1.807) is 0 Å². The second kappa shape index (κ2) is 8.58. The van der Waals surface area contributed by atoms with Crippen molar-refractivity contribution < 1.29 is 4.43 Å². The standard InChI is InChI=1S/C23H37NOSi/c1-8-22(19(2)25-26(6,7)23(3,4)5)24-16-14-21(15-17-24)18-20-12-10-9-11-13-20/h8-13,21-22H,1-2,14-18H2,3-7H3/t22-/m0/s1. The molecule has 1 aliphatic rings. The Labute approximate surface area is 162 Å². The molecule has 1 aromatic carbocycles. The van der Waals surface area contributed by atoms with Crippen LogP contribution in [-0.4, -0.2) is 32.3 Å². The minimum atomic E-state index is -1.85. The molecule has 0 aromatic heterocycles. The summed E-state index contributed by atoms with van der Waals surface area (Å²) in [6.45, 7) is 21.9. The second-order valence-electron chi connectivity index (χ2n) is 9.18. The lowest BCUT2D eigenvalue weighted by molar-refractivity contribution is 0.146. The highest BCUT2D eigenvalue weighted by Crippen LogP contribution is 2.38. The number of likely N-dealkylation sites (tertiary alicyclic amines) is 1. The minimum Gasteiger partial charge on any atom is -0.545 e. The van der Waals surface area contributed by atoms with Crippen molar-refractivity contribution in [3.63, 3.8) is 0 Å². The maximum absolute atomic E-state index is 6.46. The van der Waals surface area contributed by atoms with E-state index in [0.717, 1.165) is 24.8 Å². The van der Waals surface area contributed by atoms with Crippen LogP contribution >= 0.6 is 0 Å². The molecule has 0 radical (unpaired) electrons. The monoisotopic (exact) mass is 371 g/mol. The summed E-state index contributed by atoms with van der Waals surface area (Å²) in [4.78, 5) is 2.49. The molecule has 1 aromatic rings. The molecule has 0 saturated carbocycles.